The summed E-state index contributed by atoms with van der Waals surface area (Å²) in [5, 5.41) is 10.6. The molecule has 1 N–H and O–H groups in total. The van der Waals surface area contributed by atoms with Gasteiger partial charge in [0.1, 0.15) is 25.0 Å². The van der Waals surface area contributed by atoms with Gasteiger partial charge >= 0.3 is 0 Å². The Balaban J connectivity index is 1.63. The summed E-state index contributed by atoms with van der Waals surface area (Å²) in [6, 6.07) is 20.0. The number of benzene rings is 3. The molecule has 0 atom stereocenters. The van der Waals surface area contributed by atoms with Crippen molar-refractivity contribution in [1.82, 2.24) is 14.9 Å². The zero-order valence-corrected chi connectivity index (χ0v) is 14.7. The molecule has 26 heavy (non-hydrogen) atoms. The molecule has 130 valence electrons. The maximum atomic E-state index is 6.12. The first kappa shape index (κ1) is 16.4. The SMILES string of the molecule is Clc1cccc(COc2ccc3ccccc3c2CNn2cnnc2)c1. The predicted octanol–water partition coefficient (Wildman–Crippen LogP) is 4.41. The Morgan fingerprint density at radius 3 is 2.65 bits per heavy atom. The molecule has 0 saturated carbocycles. The summed E-state index contributed by atoms with van der Waals surface area (Å²) in [6.07, 6.45) is 3.25. The third-order valence-corrected chi connectivity index (χ3v) is 4.37. The quantitative estimate of drug-likeness (QED) is 0.550. The Bertz CT molecular complexity index is 1020. The zero-order chi connectivity index (χ0) is 17.8. The van der Waals surface area contributed by atoms with Crippen LogP contribution in [0.15, 0.2) is 73.3 Å². The summed E-state index contributed by atoms with van der Waals surface area (Å²) in [5.74, 6) is 0.837. The summed E-state index contributed by atoms with van der Waals surface area (Å²) >= 11 is 6.06. The number of ether oxygens (including phenoxy) is 1. The van der Waals surface area contributed by atoms with Crippen LogP contribution < -0.4 is 10.2 Å². The van der Waals surface area contributed by atoms with Crippen LogP contribution in [0.1, 0.15) is 11.1 Å². The van der Waals surface area contributed by atoms with Gasteiger partial charge < -0.3 is 10.2 Å². The molecule has 5 nitrogen and oxygen atoms in total. The Morgan fingerprint density at radius 2 is 1.81 bits per heavy atom. The maximum Gasteiger partial charge on any atom is 0.138 e. The molecule has 3 aromatic carbocycles. The number of nitrogens with zero attached hydrogens (tertiary/aromatic N) is 3. The summed E-state index contributed by atoms with van der Waals surface area (Å²) in [7, 11) is 0. The van der Waals surface area contributed by atoms with Gasteiger partial charge in [-0.05, 0) is 34.5 Å². The van der Waals surface area contributed by atoms with E-state index >= 15 is 0 Å². The molecular weight excluding hydrogens is 348 g/mol. The minimum atomic E-state index is 0.457. The van der Waals surface area contributed by atoms with Gasteiger partial charge in [-0.3, -0.25) is 0 Å². The van der Waals surface area contributed by atoms with Crippen LogP contribution in [0, 0.1) is 0 Å². The van der Waals surface area contributed by atoms with E-state index in [2.05, 4.69) is 33.8 Å². The third kappa shape index (κ3) is 3.63. The molecule has 1 heterocycles. The zero-order valence-electron chi connectivity index (χ0n) is 14.0. The summed E-state index contributed by atoms with van der Waals surface area (Å²) in [6.45, 7) is 1.04. The van der Waals surface area contributed by atoms with E-state index in [0.717, 1.165) is 22.3 Å². The topological polar surface area (TPSA) is 52.0 Å². The van der Waals surface area contributed by atoms with Crippen LogP contribution in [-0.4, -0.2) is 14.9 Å². The highest BCUT2D eigenvalue weighted by molar-refractivity contribution is 6.30. The second-order valence-electron chi connectivity index (χ2n) is 5.89. The van der Waals surface area contributed by atoms with E-state index < -0.39 is 0 Å². The largest absolute Gasteiger partial charge is 0.489 e. The highest BCUT2D eigenvalue weighted by Gasteiger charge is 2.09. The van der Waals surface area contributed by atoms with E-state index in [9.17, 15) is 0 Å². The third-order valence-electron chi connectivity index (χ3n) is 4.14. The van der Waals surface area contributed by atoms with E-state index in [-0.39, 0.29) is 0 Å². The molecule has 0 unspecified atom stereocenters. The van der Waals surface area contributed by atoms with Gasteiger partial charge in [-0.15, -0.1) is 10.2 Å². The molecule has 0 spiro atoms. The van der Waals surface area contributed by atoms with Crippen molar-refractivity contribution >= 4 is 22.4 Å². The van der Waals surface area contributed by atoms with Gasteiger partial charge in [-0.25, -0.2) is 4.68 Å². The Kier molecular flexibility index (Phi) is 4.71. The summed E-state index contributed by atoms with van der Waals surface area (Å²) in [5.41, 5.74) is 5.38. The van der Waals surface area contributed by atoms with Crippen molar-refractivity contribution in [2.75, 3.05) is 5.43 Å². The van der Waals surface area contributed by atoms with E-state index in [1.165, 1.54) is 5.39 Å². The first-order valence-electron chi connectivity index (χ1n) is 8.26. The smallest absolute Gasteiger partial charge is 0.138 e. The Hall–Kier alpha value is -3.05. The number of nitrogens with one attached hydrogen (secondary N) is 1. The molecule has 6 heteroatoms. The molecule has 1 aromatic heterocycles. The summed E-state index contributed by atoms with van der Waals surface area (Å²) < 4.78 is 7.84. The molecule has 0 aliphatic heterocycles. The van der Waals surface area contributed by atoms with Crippen LogP contribution in [0.5, 0.6) is 5.75 Å². The first-order chi connectivity index (χ1) is 12.8. The lowest BCUT2D eigenvalue weighted by Crippen LogP contribution is -2.13. The average molecular weight is 365 g/mol. The van der Waals surface area contributed by atoms with Crippen LogP contribution in [0.4, 0.5) is 0 Å². The number of halogens is 1. The molecule has 0 saturated heterocycles. The molecule has 0 radical (unpaired) electrons. The van der Waals surface area contributed by atoms with Crippen molar-refractivity contribution in [3.8, 4) is 5.75 Å². The second-order valence-corrected chi connectivity index (χ2v) is 6.32. The van der Waals surface area contributed by atoms with Gasteiger partial charge in [0, 0.05) is 10.6 Å². The Labute approximate surface area is 156 Å². The maximum absolute atomic E-state index is 6.12. The standard InChI is InChI=1S/C20H17ClN4O/c21-17-6-3-4-15(10-17)12-26-20-9-8-16-5-1-2-7-18(16)19(20)11-24-25-13-22-23-14-25/h1-10,13-14,24H,11-12H2. The van der Waals surface area contributed by atoms with Gasteiger partial charge in [0.2, 0.25) is 0 Å². The average Bonchev–Trinajstić information content (AvgIpc) is 3.18. The lowest BCUT2D eigenvalue weighted by molar-refractivity contribution is 0.303. The van der Waals surface area contributed by atoms with E-state index in [1.54, 1.807) is 17.3 Å². The molecule has 0 aliphatic rings. The van der Waals surface area contributed by atoms with Crippen molar-refractivity contribution in [3.05, 3.63) is 89.5 Å². The second kappa shape index (κ2) is 7.45. The van der Waals surface area contributed by atoms with Crippen LogP contribution in [-0.2, 0) is 13.2 Å². The fraction of sp³-hybridized carbons (Fsp3) is 0.100. The van der Waals surface area contributed by atoms with Crippen LogP contribution in [0.2, 0.25) is 5.02 Å². The predicted molar refractivity (Wildman–Crippen MR) is 103 cm³/mol. The van der Waals surface area contributed by atoms with E-state index in [4.69, 9.17) is 16.3 Å². The molecule has 4 rings (SSSR count). The van der Waals surface area contributed by atoms with Crippen molar-refractivity contribution in [3.63, 3.8) is 0 Å². The van der Waals surface area contributed by atoms with Crippen LogP contribution in [0.3, 0.4) is 0 Å². The number of rotatable bonds is 6. The lowest BCUT2D eigenvalue weighted by Gasteiger charge is -2.16. The molecule has 4 aromatic rings. The minimum absolute atomic E-state index is 0.457. The van der Waals surface area contributed by atoms with E-state index in [0.29, 0.717) is 18.2 Å². The highest BCUT2D eigenvalue weighted by Crippen LogP contribution is 2.29. The van der Waals surface area contributed by atoms with Gasteiger partial charge in [0.05, 0.1) is 6.54 Å². The molecule has 0 fully saturated rings. The molecule has 0 amide bonds. The van der Waals surface area contributed by atoms with Crippen molar-refractivity contribution < 1.29 is 4.74 Å². The van der Waals surface area contributed by atoms with Crippen molar-refractivity contribution in [1.29, 1.82) is 0 Å². The van der Waals surface area contributed by atoms with E-state index in [1.807, 2.05) is 42.5 Å². The van der Waals surface area contributed by atoms with Crippen LogP contribution in [0.25, 0.3) is 10.8 Å². The van der Waals surface area contributed by atoms with Gasteiger partial charge in [0.15, 0.2) is 0 Å². The fourth-order valence-electron chi connectivity index (χ4n) is 2.87. The molecule has 0 bridgehead atoms. The minimum Gasteiger partial charge on any atom is -0.489 e. The van der Waals surface area contributed by atoms with Crippen LogP contribution >= 0.6 is 11.6 Å². The van der Waals surface area contributed by atoms with Gasteiger partial charge in [-0.1, -0.05) is 54.1 Å². The summed E-state index contributed by atoms with van der Waals surface area (Å²) in [4.78, 5) is 0. The highest BCUT2D eigenvalue weighted by atomic mass is 35.5. The normalized spacial score (nSPS) is 10.8. The van der Waals surface area contributed by atoms with Gasteiger partial charge in [-0.2, -0.15) is 0 Å². The van der Waals surface area contributed by atoms with Crippen molar-refractivity contribution in [2.24, 2.45) is 0 Å². The number of hydrogen-bond acceptors (Lipinski definition) is 4. The van der Waals surface area contributed by atoms with Crippen molar-refractivity contribution in [2.45, 2.75) is 13.2 Å². The fourth-order valence-corrected chi connectivity index (χ4v) is 3.09. The molecule has 0 aliphatic carbocycles. The molecular formula is C20H17ClN4O. The van der Waals surface area contributed by atoms with Gasteiger partial charge in [0.25, 0.3) is 0 Å². The number of fused-ring (bicyclic) bond motifs is 1. The number of hydrogen-bond donors (Lipinski definition) is 1. The lowest BCUT2D eigenvalue weighted by atomic mass is 10.0. The number of aromatic nitrogens is 3. The monoisotopic (exact) mass is 364 g/mol. The Morgan fingerprint density at radius 1 is 0.962 bits per heavy atom. The first-order valence-corrected chi connectivity index (χ1v) is 8.64.